The number of amides is 1. The first kappa shape index (κ1) is 10.0. The molecule has 1 aromatic carbocycles. The van der Waals surface area contributed by atoms with Crippen molar-refractivity contribution in [1.82, 2.24) is 0 Å². The molecule has 0 bridgehead atoms. The number of hydrogen-bond donors (Lipinski definition) is 3. The molecule has 5 nitrogen and oxygen atoms in total. The molecule has 1 rings (SSSR count). The number of benzene rings is 1. The van der Waals surface area contributed by atoms with Crippen molar-refractivity contribution in [3.05, 3.63) is 28.8 Å². The fraction of sp³-hybridized carbons (Fsp3) is 0.111. The number of anilines is 1. The Bertz CT molecular complexity index is 374. The van der Waals surface area contributed by atoms with Crippen molar-refractivity contribution < 1.29 is 14.7 Å². The second-order valence-corrected chi connectivity index (χ2v) is 2.87. The highest BCUT2D eigenvalue weighted by atomic mass is 16.4. The molecule has 0 fully saturated rings. The van der Waals surface area contributed by atoms with Crippen molar-refractivity contribution in [3.63, 3.8) is 0 Å². The molecule has 0 radical (unpaired) electrons. The Kier molecular flexibility index (Phi) is 2.42. The summed E-state index contributed by atoms with van der Waals surface area (Å²) in [6.07, 6.45) is 0. The van der Waals surface area contributed by atoms with Crippen LogP contribution in [0.2, 0.25) is 0 Å². The van der Waals surface area contributed by atoms with Crippen LogP contribution in [-0.4, -0.2) is 17.0 Å². The molecule has 0 atom stereocenters. The predicted octanol–water partition coefficient (Wildman–Crippen LogP) is 0.374. The molecule has 14 heavy (non-hydrogen) atoms. The van der Waals surface area contributed by atoms with Crippen LogP contribution in [0.15, 0.2) is 12.1 Å². The van der Waals surface area contributed by atoms with Crippen LogP contribution in [0, 0.1) is 6.92 Å². The lowest BCUT2D eigenvalue weighted by molar-refractivity contribution is 0.0697. The van der Waals surface area contributed by atoms with E-state index in [1.165, 1.54) is 12.1 Å². The van der Waals surface area contributed by atoms with Gasteiger partial charge in [0.2, 0.25) is 5.91 Å². The van der Waals surface area contributed by atoms with Crippen molar-refractivity contribution in [3.8, 4) is 0 Å². The Labute approximate surface area is 80.3 Å². The molecule has 0 unspecified atom stereocenters. The number of hydrogen-bond acceptors (Lipinski definition) is 3. The first-order chi connectivity index (χ1) is 6.45. The molecule has 0 spiro atoms. The number of carbonyl (C=O) groups is 2. The van der Waals surface area contributed by atoms with Crippen LogP contribution >= 0.6 is 0 Å². The zero-order chi connectivity index (χ0) is 10.9. The minimum atomic E-state index is -1.12. The normalized spacial score (nSPS) is 9.79. The summed E-state index contributed by atoms with van der Waals surface area (Å²) in [5.74, 6) is -1.74. The molecule has 0 saturated heterocycles. The SMILES string of the molecule is Cc1c(C(N)=O)ccc(C(=O)O)c1N. The Morgan fingerprint density at radius 3 is 2.21 bits per heavy atom. The Morgan fingerprint density at radius 1 is 1.29 bits per heavy atom. The number of primary amides is 1. The molecular weight excluding hydrogens is 184 g/mol. The molecule has 0 aliphatic heterocycles. The van der Waals surface area contributed by atoms with E-state index < -0.39 is 11.9 Å². The smallest absolute Gasteiger partial charge is 0.337 e. The van der Waals surface area contributed by atoms with Crippen molar-refractivity contribution >= 4 is 17.6 Å². The lowest BCUT2D eigenvalue weighted by Gasteiger charge is -2.07. The lowest BCUT2D eigenvalue weighted by atomic mass is 10.0. The molecule has 0 aromatic heterocycles. The zero-order valence-corrected chi connectivity index (χ0v) is 7.57. The molecule has 5 N–H and O–H groups in total. The lowest BCUT2D eigenvalue weighted by Crippen LogP contribution is -2.15. The standard InChI is InChI=1S/C9H10N2O3/c1-4-5(8(11)12)2-3-6(7(4)10)9(13)14/h2-3H,10H2,1H3,(H2,11,12)(H,13,14). The Morgan fingerprint density at radius 2 is 1.79 bits per heavy atom. The number of aromatic carboxylic acids is 1. The van der Waals surface area contributed by atoms with Gasteiger partial charge in [-0.3, -0.25) is 4.79 Å². The molecular formula is C9H10N2O3. The summed E-state index contributed by atoms with van der Waals surface area (Å²) in [4.78, 5) is 21.5. The van der Waals surface area contributed by atoms with Gasteiger partial charge in [-0.15, -0.1) is 0 Å². The van der Waals surface area contributed by atoms with Gasteiger partial charge in [0.15, 0.2) is 0 Å². The van der Waals surface area contributed by atoms with Gasteiger partial charge in [0, 0.05) is 11.3 Å². The highest BCUT2D eigenvalue weighted by Crippen LogP contribution is 2.20. The molecule has 74 valence electrons. The van der Waals surface area contributed by atoms with Crippen LogP contribution in [0.5, 0.6) is 0 Å². The van der Waals surface area contributed by atoms with E-state index in [1.807, 2.05) is 0 Å². The number of carbonyl (C=O) groups excluding carboxylic acids is 1. The van der Waals surface area contributed by atoms with Crippen molar-refractivity contribution in [1.29, 1.82) is 0 Å². The largest absolute Gasteiger partial charge is 0.478 e. The van der Waals surface area contributed by atoms with Crippen LogP contribution in [0.25, 0.3) is 0 Å². The van der Waals surface area contributed by atoms with E-state index >= 15 is 0 Å². The van der Waals surface area contributed by atoms with Gasteiger partial charge in [-0.05, 0) is 24.6 Å². The summed E-state index contributed by atoms with van der Waals surface area (Å²) in [5, 5.41) is 8.72. The molecule has 1 aromatic rings. The van der Waals surface area contributed by atoms with Gasteiger partial charge in [0.25, 0.3) is 0 Å². The Hall–Kier alpha value is -2.04. The number of rotatable bonds is 2. The minimum Gasteiger partial charge on any atom is -0.478 e. The van der Waals surface area contributed by atoms with E-state index in [2.05, 4.69) is 0 Å². The minimum absolute atomic E-state index is 0.0208. The van der Waals surface area contributed by atoms with E-state index in [0.717, 1.165) is 0 Å². The molecule has 0 saturated carbocycles. The second kappa shape index (κ2) is 3.37. The van der Waals surface area contributed by atoms with Gasteiger partial charge < -0.3 is 16.6 Å². The van der Waals surface area contributed by atoms with Gasteiger partial charge in [0.1, 0.15) is 0 Å². The van der Waals surface area contributed by atoms with Gasteiger partial charge in [-0.1, -0.05) is 0 Å². The first-order valence-corrected chi connectivity index (χ1v) is 3.87. The van der Waals surface area contributed by atoms with E-state index in [9.17, 15) is 9.59 Å². The third kappa shape index (κ3) is 1.52. The van der Waals surface area contributed by atoms with E-state index in [-0.39, 0.29) is 16.8 Å². The van der Waals surface area contributed by atoms with E-state index in [4.69, 9.17) is 16.6 Å². The average Bonchev–Trinajstić information content (AvgIpc) is 2.08. The van der Waals surface area contributed by atoms with Gasteiger partial charge >= 0.3 is 5.97 Å². The van der Waals surface area contributed by atoms with E-state index in [0.29, 0.717) is 5.56 Å². The monoisotopic (exact) mass is 194 g/mol. The highest BCUT2D eigenvalue weighted by molar-refractivity contribution is 6.00. The molecule has 0 aliphatic rings. The van der Waals surface area contributed by atoms with E-state index in [1.54, 1.807) is 6.92 Å². The summed E-state index contributed by atoms with van der Waals surface area (Å²) < 4.78 is 0. The average molecular weight is 194 g/mol. The molecule has 0 aliphatic carbocycles. The van der Waals surface area contributed by atoms with Crippen molar-refractivity contribution in [2.75, 3.05) is 5.73 Å². The highest BCUT2D eigenvalue weighted by Gasteiger charge is 2.14. The first-order valence-electron chi connectivity index (χ1n) is 3.87. The number of carboxylic acid groups (broad SMARTS) is 1. The van der Waals surface area contributed by atoms with Gasteiger partial charge in [-0.25, -0.2) is 4.79 Å². The number of carboxylic acids is 1. The van der Waals surface area contributed by atoms with Gasteiger partial charge in [-0.2, -0.15) is 0 Å². The summed E-state index contributed by atoms with van der Waals surface area (Å²) in [5.41, 5.74) is 11.3. The number of nitrogens with two attached hydrogens (primary N) is 2. The van der Waals surface area contributed by atoms with Gasteiger partial charge in [0.05, 0.1) is 5.56 Å². The summed E-state index contributed by atoms with van der Waals surface area (Å²) in [6, 6.07) is 2.63. The maximum atomic E-state index is 10.9. The zero-order valence-electron chi connectivity index (χ0n) is 7.57. The number of nitrogen functional groups attached to an aromatic ring is 1. The maximum absolute atomic E-state index is 10.9. The maximum Gasteiger partial charge on any atom is 0.337 e. The van der Waals surface area contributed by atoms with Crippen LogP contribution in [0.4, 0.5) is 5.69 Å². The third-order valence-corrected chi connectivity index (χ3v) is 2.01. The fourth-order valence-corrected chi connectivity index (χ4v) is 1.18. The van der Waals surface area contributed by atoms with Crippen LogP contribution < -0.4 is 11.5 Å². The second-order valence-electron chi connectivity index (χ2n) is 2.87. The predicted molar refractivity (Wildman–Crippen MR) is 51.1 cm³/mol. The quantitative estimate of drug-likeness (QED) is 0.591. The molecule has 1 amide bonds. The van der Waals surface area contributed by atoms with Crippen molar-refractivity contribution in [2.24, 2.45) is 5.73 Å². The molecule has 5 heteroatoms. The van der Waals surface area contributed by atoms with Crippen LogP contribution in [-0.2, 0) is 0 Å². The Balaban J connectivity index is 3.41. The third-order valence-electron chi connectivity index (χ3n) is 2.01. The molecule has 0 heterocycles. The van der Waals surface area contributed by atoms with Crippen LogP contribution in [0.3, 0.4) is 0 Å². The van der Waals surface area contributed by atoms with Crippen LogP contribution in [0.1, 0.15) is 26.3 Å². The van der Waals surface area contributed by atoms with Crippen molar-refractivity contribution in [2.45, 2.75) is 6.92 Å². The topological polar surface area (TPSA) is 106 Å². The summed E-state index contributed by atoms with van der Waals surface area (Å²) in [7, 11) is 0. The fourth-order valence-electron chi connectivity index (χ4n) is 1.18. The summed E-state index contributed by atoms with van der Waals surface area (Å²) >= 11 is 0. The summed E-state index contributed by atoms with van der Waals surface area (Å²) in [6.45, 7) is 1.56.